The van der Waals surface area contributed by atoms with Crippen LogP contribution in [0.3, 0.4) is 0 Å². The number of hydrogen-bond donors (Lipinski definition) is 1. The minimum absolute atomic E-state index is 0.000914. The van der Waals surface area contributed by atoms with E-state index in [1.165, 1.54) is 44.5 Å². The molecule has 0 aromatic heterocycles. The molecule has 0 aliphatic rings. The largest absolute Gasteiger partial charge is 0.497 e. The van der Waals surface area contributed by atoms with Crippen LogP contribution >= 0.6 is 0 Å². The molecule has 2 aromatic rings. The molecular formula is C15H17FN2O5S2. The van der Waals surface area contributed by atoms with Crippen LogP contribution in [-0.2, 0) is 20.0 Å². The number of anilines is 2. The van der Waals surface area contributed by atoms with Gasteiger partial charge in [-0.15, -0.1) is 0 Å². The second-order valence-electron chi connectivity index (χ2n) is 5.17. The molecule has 0 unspecified atom stereocenters. The molecule has 2 rings (SSSR count). The van der Waals surface area contributed by atoms with Gasteiger partial charge in [-0.3, -0.25) is 9.03 Å². The van der Waals surface area contributed by atoms with E-state index in [0.29, 0.717) is 5.75 Å². The van der Waals surface area contributed by atoms with Gasteiger partial charge in [0.05, 0.1) is 29.6 Å². The van der Waals surface area contributed by atoms with Gasteiger partial charge in [-0.2, -0.15) is 0 Å². The van der Waals surface area contributed by atoms with Crippen molar-refractivity contribution in [2.24, 2.45) is 0 Å². The van der Waals surface area contributed by atoms with E-state index in [-0.39, 0.29) is 16.3 Å². The second-order valence-corrected chi connectivity index (χ2v) is 8.87. The van der Waals surface area contributed by atoms with Crippen molar-refractivity contribution < 1.29 is 26.0 Å². The van der Waals surface area contributed by atoms with Crippen molar-refractivity contribution in [3.63, 3.8) is 0 Å². The third kappa shape index (κ3) is 4.40. The summed E-state index contributed by atoms with van der Waals surface area (Å²) in [4.78, 5) is -0.0782. The minimum atomic E-state index is -4.05. The fourth-order valence-corrected chi connectivity index (χ4v) is 3.58. The lowest BCUT2D eigenvalue weighted by molar-refractivity contribution is 0.414. The maximum Gasteiger partial charge on any atom is 0.261 e. The molecule has 0 amide bonds. The molecule has 10 heteroatoms. The first-order chi connectivity index (χ1) is 11.5. The highest BCUT2D eigenvalue weighted by Crippen LogP contribution is 2.30. The molecule has 0 bridgehead atoms. The molecule has 0 saturated heterocycles. The highest BCUT2D eigenvalue weighted by atomic mass is 32.2. The molecule has 136 valence electrons. The lowest BCUT2D eigenvalue weighted by Crippen LogP contribution is -2.26. The zero-order valence-corrected chi connectivity index (χ0v) is 15.4. The molecule has 0 heterocycles. The fourth-order valence-electron chi connectivity index (χ4n) is 2.00. The number of sulfonamides is 2. The fraction of sp³-hybridized carbons (Fsp3) is 0.200. The number of benzene rings is 2. The summed E-state index contributed by atoms with van der Waals surface area (Å²) in [5.74, 6) is -0.236. The highest BCUT2D eigenvalue weighted by Gasteiger charge is 2.21. The third-order valence-corrected chi connectivity index (χ3v) is 5.98. The molecule has 25 heavy (non-hydrogen) atoms. The van der Waals surface area contributed by atoms with Crippen molar-refractivity contribution in [3.8, 4) is 5.75 Å². The predicted molar refractivity (Wildman–Crippen MR) is 93.4 cm³/mol. The van der Waals surface area contributed by atoms with Crippen LogP contribution in [0.25, 0.3) is 0 Å². The van der Waals surface area contributed by atoms with Crippen LogP contribution in [0.5, 0.6) is 5.75 Å². The molecule has 0 aliphatic heterocycles. The number of methoxy groups -OCH3 is 1. The number of nitrogens with one attached hydrogen (secondary N) is 1. The highest BCUT2D eigenvalue weighted by molar-refractivity contribution is 7.93. The summed E-state index contributed by atoms with van der Waals surface area (Å²) in [6.45, 7) is 0. The standard InChI is InChI=1S/C15H17FN2O5S2/c1-18(24(3,19)20)15-9-4-11(16)10-14(15)17-25(21,22)13-7-5-12(23-2)6-8-13/h4-10,17H,1-3H3. The van der Waals surface area contributed by atoms with Gasteiger partial charge >= 0.3 is 0 Å². The molecule has 0 aliphatic carbocycles. The first-order valence-electron chi connectivity index (χ1n) is 6.95. The lowest BCUT2D eigenvalue weighted by Gasteiger charge is -2.21. The maximum absolute atomic E-state index is 13.6. The van der Waals surface area contributed by atoms with Crippen molar-refractivity contribution in [3.05, 3.63) is 48.3 Å². The summed E-state index contributed by atoms with van der Waals surface area (Å²) < 4.78 is 70.0. The summed E-state index contributed by atoms with van der Waals surface area (Å²) in [7, 11) is -5.02. The molecule has 0 spiro atoms. The Morgan fingerprint density at radius 1 is 1.04 bits per heavy atom. The van der Waals surface area contributed by atoms with Crippen LogP contribution in [0.4, 0.5) is 15.8 Å². The summed E-state index contributed by atoms with van der Waals surface area (Å²) in [6.07, 6.45) is 0.956. The monoisotopic (exact) mass is 388 g/mol. The first-order valence-corrected chi connectivity index (χ1v) is 10.3. The van der Waals surface area contributed by atoms with Crippen molar-refractivity contribution >= 4 is 31.4 Å². The Morgan fingerprint density at radius 3 is 2.16 bits per heavy atom. The van der Waals surface area contributed by atoms with E-state index in [9.17, 15) is 21.2 Å². The number of ether oxygens (including phenoxy) is 1. The second kappa shape index (κ2) is 6.89. The summed E-state index contributed by atoms with van der Waals surface area (Å²) in [6, 6.07) is 8.71. The number of nitrogens with zero attached hydrogens (tertiary/aromatic N) is 1. The van der Waals surface area contributed by atoms with Gasteiger partial charge in [0.1, 0.15) is 11.6 Å². The summed E-state index contributed by atoms with van der Waals surface area (Å²) >= 11 is 0. The molecule has 0 atom stereocenters. The molecular weight excluding hydrogens is 371 g/mol. The van der Waals surface area contributed by atoms with Crippen molar-refractivity contribution in [2.45, 2.75) is 4.90 Å². The van der Waals surface area contributed by atoms with E-state index < -0.39 is 25.9 Å². The Bertz CT molecular complexity index is 973. The minimum Gasteiger partial charge on any atom is -0.497 e. The van der Waals surface area contributed by atoms with Crippen LogP contribution < -0.4 is 13.8 Å². The van der Waals surface area contributed by atoms with E-state index >= 15 is 0 Å². The van der Waals surface area contributed by atoms with Gasteiger partial charge in [-0.1, -0.05) is 0 Å². The zero-order chi connectivity index (χ0) is 18.8. The average molecular weight is 388 g/mol. The molecule has 0 fully saturated rings. The SMILES string of the molecule is COc1ccc(S(=O)(=O)Nc2cc(F)ccc2N(C)S(C)(=O)=O)cc1. The van der Waals surface area contributed by atoms with Crippen LogP contribution in [0, 0.1) is 5.82 Å². The smallest absolute Gasteiger partial charge is 0.261 e. The van der Waals surface area contributed by atoms with E-state index in [4.69, 9.17) is 4.74 Å². The van der Waals surface area contributed by atoms with Crippen molar-refractivity contribution in [1.82, 2.24) is 0 Å². The zero-order valence-electron chi connectivity index (χ0n) is 13.7. The number of halogens is 1. The van der Waals surface area contributed by atoms with Gasteiger partial charge in [0, 0.05) is 13.1 Å². The maximum atomic E-state index is 13.6. The normalized spacial score (nSPS) is 11.8. The van der Waals surface area contributed by atoms with Crippen molar-refractivity contribution in [2.75, 3.05) is 29.4 Å². The Kier molecular flexibility index (Phi) is 5.23. The Labute approximate surface area is 146 Å². The van der Waals surface area contributed by atoms with E-state index in [0.717, 1.165) is 22.7 Å². The van der Waals surface area contributed by atoms with Gasteiger partial charge in [0.2, 0.25) is 10.0 Å². The van der Waals surface area contributed by atoms with E-state index in [1.807, 2.05) is 0 Å². The summed E-state index contributed by atoms with van der Waals surface area (Å²) in [5, 5.41) is 0. The van der Waals surface area contributed by atoms with Gasteiger partial charge < -0.3 is 4.74 Å². The van der Waals surface area contributed by atoms with E-state index in [2.05, 4.69) is 4.72 Å². The van der Waals surface area contributed by atoms with Crippen molar-refractivity contribution in [1.29, 1.82) is 0 Å². The molecule has 1 N–H and O–H groups in total. The Morgan fingerprint density at radius 2 is 1.64 bits per heavy atom. The molecule has 0 radical (unpaired) electrons. The lowest BCUT2D eigenvalue weighted by atomic mass is 10.2. The van der Waals surface area contributed by atoms with E-state index in [1.54, 1.807) is 0 Å². The average Bonchev–Trinajstić information content (AvgIpc) is 2.53. The molecule has 0 saturated carbocycles. The van der Waals surface area contributed by atoms with Crippen LogP contribution in [-0.4, -0.2) is 37.2 Å². The predicted octanol–water partition coefficient (Wildman–Crippen LogP) is 2.03. The molecule has 2 aromatic carbocycles. The Hall–Kier alpha value is -2.33. The van der Waals surface area contributed by atoms with Crippen LogP contribution in [0.15, 0.2) is 47.4 Å². The number of hydrogen-bond acceptors (Lipinski definition) is 5. The van der Waals surface area contributed by atoms with Gasteiger partial charge in [-0.25, -0.2) is 21.2 Å². The van der Waals surface area contributed by atoms with Gasteiger partial charge in [0.15, 0.2) is 0 Å². The summed E-state index contributed by atoms with van der Waals surface area (Å²) in [5.41, 5.74) is -0.190. The van der Waals surface area contributed by atoms with Crippen LogP contribution in [0.2, 0.25) is 0 Å². The van der Waals surface area contributed by atoms with Crippen LogP contribution in [0.1, 0.15) is 0 Å². The van der Waals surface area contributed by atoms with Gasteiger partial charge in [-0.05, 0) is 36.4 Å². The first kappa shape index (κ1) is 19.0. The molecule has 7 nitrogen and oxygen atoms in total. The quantitative estimate of drug-likeness (QED) is 0.817. The topological polar surface area (TPSA) is 92.8 Å². The number of rotatable bonds is 6. The third-order valence-electron chi connectivity index (χ3n) is 3.41. The Balaban J connectivity index is 2.46. The van der Waals surface area contributed by atoms with Gasteiger partial charge in [0.25, 0.3) is 10.0 Å².